The third-order valence-electron chi connectivity index (χ3n) is 2.44. The van der Waals surface area contributed by atoms with Crippen molar-refractivity contribution >= 4 is 0 Å². The summed E-state index contributed by atoms with van der Waals surface area (Å²) in [5.41, 5.74) is 0. The van der Waals surface area contributed by atoms with Crippen LogP contribution in [-0.2, 0) is 0 Å². The zero-order chi connectivity index (χ0) is 10.6. The van der Waals surface area contributed by atoms with Crippen molar-refractivity contribution < 1.29 is 5.11 Å². The van der Waals surface area contributed by atoms with Crippen molar-refractivity contribution in [2.24, 2.45) is 0 Å². The van der Waals surface area contributed by atoms with Gasteiger partial charge in [0.25, 0.3) is 0 Å². The SMILES string of the molecule is CCCCCC=CC(O)CCCCC. The lowest BCUT2D eigenvalue weighted by Crippen LogP contribution is -2.01. The minimum absolute atomic E-state index is 0.205. The van der Waals surface area contributed by atoms with E-state index in [4.69, 9.17) is 0 Å². The lowest BCUT2D eigenvalue weighted by molar-refractivity contribution is 0.208. The summed E-state index contributed by atoms with van der Waals surface area (Å²) in [4.78, 5) is 0. The van der Waals surface area contributed by atoms with E-state index in [9.17, 15) is 5.11 Å². The van der Waals surface area contributed by atoms with Crippen LogP contribution in [0, 0.1) is 0 Å². The van der Waals surface area contributed by atoms with Crippen molar-refractivity contribution in [2.45, 2.75) is 71.3 Å². The summed E-state index contributed by atoms with van der Waals surface area (Å²) in [5.74, 6) is 0. The molecule has 0 spiro atoms. The zero-order valence-electron chi connectivity index (χ0n) is 9.84. The molecule has 14 heavy (non-hydrogen) atoms. The van der Waals surface area contributed by atoms with Crippen LogP contribution in [0.3, 0.4) is 0 Å². The van der Waals surface area contributed by atoms with Crippen molar-refractivity contribution in [3.63, 3.8) is 0 Å². The molecular formula is C13H26O. The minimum Gasteiger partial charge on any atom is -0.389 e. The molecule has 0 aromatic carbocycles. The Labute approximate surface area is 89.2 Å². The Morgan fingerprint density at radius 1 is 1.00 bits per heavy atom. The maximum absolute atomic E-state index is 9.55. The summed E-state index contributed by atoms with van der Waals surface area (Å²) in [6, 6.07) is 0. The highest BCUT2D eigenvalue weighted by Crippen LogP contribution is 2.06. The van der Waals surface area contributed by atoms with E-state index >= 15 is 0 Å². The molecule has 0 aromatic rings. The van der Waals surface area contributed by atoms with E-state index in [2.05, 4.69) is 19.9 Å². The Morgan fingerprint density at radius 2 is 1.64 bits per heavy atom. The van der Waals surface area contributed by atoms with Crippen molar-refractivity contribution in [3.05, 3.63) is 12.2 Å². The second-order valence-electron chi connectivity index (χ2n) is 3.99. The van der Waals surface area contributed by atoms with Gasteiger partial charge in [-0.15, -0.1) is 0 Å². The largest absolute Gasteiger partial charge is 0.389 e. The van der Waals surface area contributed by atoms with E-state index in [1.165, 1.54) is 32.1 Å². The van der Waals surface area contributed by atoms with Crippen LogP contribution in [0.2, 0.25) is 0 Å². The third kappa shape index (κ3) is 9.79. The highest BCUT2D eigenvalue weighted by molar-refractivity contribution is 4.88. The van der Waals surface area contributed by atoms with Gasteiger partial charge in [-0.25, -0.2) is 0 Å². The van der Waals surface area contributed by atoms with E-state index in [1.807, 2.05) is 6.08 Å². The Morgan fingerprint density at radius 3 is 2.29 bits per heavy atom. The molecule has 0 rings (SSSR count). The van der Waals surface area contributed by atoms with Gasteiger partial charge in [0.1, 0.15) is 0 Å². The molecule has 0 bridgehead atoms. The number of hydrogen-bond donors (Lipinski definition) is 1. The molecule has 0 aliphatic carbocycles. The molecule has 0 radical (unpaired) electrons. The number of hydrogen-bond acceptors (Lipinski definition) is 1. The van der Waals surface area contributed by atoms with Crippen LogP contribution in [0.5, 0.6) is 0 Å². The highest BCUT2D eigenvalue weighted by atomic mass is 16.3. The number of unbranched alkanes of at least 4 members (excludes halogenated alkanes) is 5. The normalized spacial score (nSPS) is 13.6. The van der Waals surface area contributed by atoms with Crippen LogP contribution in [0.25, 0.3) is 0 Å². The van der Waals surface area contributed by atoms with Gasteiger partial charge in [0.2, 0.25) is 0 Å². The van der Waals surface area contributed by atoms with E-state index in [-0.39, 0.29) is 6.10 Å². The molecule has 0 saturated heterocycles. The first-order valence-corrected chi connectivity index (χ1v) is 6.16. The molecule has 84 valence electrons. The molecule has 0 saturated carbocycles. The van der Waals surface area contributed by atoms with Crippen molar-refractivity contribution in [3.8, 4) is 0 Å². The van der Waals surface area contributed by atoms with Crippen molar-refractivity contribution in [1.82, 2.24) is 0 Å². The Kier molecular flexibility index (Phi) is 10.5. The maximum atomic E-state index is 9.55. The van der Waals surface area contributed by atoms with Crippen molar-refractivity contribution in [1.29, 1.82) is 0 Å². The van der Waals surface area contributed by atoms with Crippen LogP contribution in [0.4, 0.5) is 0 Å². The molecule has 0 aliphatic rings. The van der Waals surface area contributed by atoms with Crippen LogP contribution in [0.15, 0.2) is 12.2 Å². The Hall–Kier alpha value is -0.300. The van der Waals surface area contributed by atoms with Gasteiger partial charge in [-0.2, -0.15) is 0 Å². The van der Waals surface area contributed by atoms with Gasteiger partial charge < -0.3 is 5.11 Å². The fourth-order valence-electron chi connectivity index (χ4n) is 1.47. The Balaban J connectivity index is 3.26. The van der Waals surface area contributed by atoms with Crippen LogP contribution in [-0.4, -0.2) is 11.2 Å². The first-order chi connectivity index (χ1) is 6.81. The molecule has 1 atom stereocenters. The molecular weight excluding hydrogens is 172 g/mol. The molecule has 1 nitrogen and oxygen atoms in total. The van der Waals surface area contributed by atoms with E-state index in [1.54, 1.807) is 0 Å². The van der Waals surface area contributed by atoms with Crippen molar-refractivity contribution in [2.75, 3.05) is 0 Å². The van der Waals surface area contributed by atoms with E-state index < -0.39 is 0 Å². The zero-order valence-corrected chi connectivity index (χ0v) is 9.84. The van der Waals surface area contributed by atoms with E-state index in [0.29, 0.717) is 0 Å². The summed E-state index contributed by atoms with van der Waals surface area (Å²) in [6.45, 7) is 4.40. The summed E-state index contributed by atoms with van der Waals surface area (Å²) in [6.07, 6.45) is 13.4. The topological polar surface area (TPSA) is 20.2 Å². The van der Waals surface area contributed by atoms with Gasteiger partial charge in [-0.05, 0) is 19.3 Å². The average molecular weight is 198 g/mol. The van der Waals surface area contributed by atoms with Gasteiger partial charge >= 0.3 is 0 Å². The lowest BCUT2D eigenvalue weighted by Gasteiger charge is -2.03. The number of aliphatic hydroxyl groups excluding tert-OH is 1. The maximum Gasteiger partial charge on any atom is 0.0720 e. The fourth-order valence-corrected chi connectivity index (χ4v) is 1.47. The molecule has 1 N–H and O–H groups in total. The third-order valence-corrected chi connectivity index (χ3v) is 2.44. The minimum atomic E-state index is -0.205. The smallest absolute Gasteiger partial charge is 0.0720 e. The molecule has 0 fully saturated rings. The van der Waals surface area contributed by atoms with Crippen LogP contribution < -0.4 is 0 Å². The quantitative estimate of drug-likeness (QED) is 0.437. The number of allylic oxidation sites excluding steroid dienone is 1. The first kappa shape index (κ1) is 13.7. The van der Waals surface area contributed by atoms with Gasteiger partial charge in [-0.1, -0.05) is 58.1 Å². The summed E-state index contributed by atoms with van der Waals surface area (Å²) in [7, 11) is 0. The Bertz CT molecular complexity index is 129. The fraction of sp³-hybridized carbons (Fsp3) is 0.846. The van der Waals surface area contributed by atoms with Gasteiger partial charge in [0.15, 0.2) is 0 Å². The van der Waals surface area contributed by atoms with Gasteiger partial charge in [-0.3, -0.25) is 0 Å². The molecule has 0 aromatic heterocycles. The highest BCUT2D eigenvalue weighted by Gasteiger charge is 1.96. The van der Waals surface area contributed by atoms with Crippen LogP contribution in [0.1, 0.15) is 65.2 Å². The summed E-state index contributed by atoms with van der Waals surface area (Å²) < 4.78 is 0. The first-order valence-electron chi connectivity index (χ1n) is 6.16. The monoisotopic (exact) mass is 198 g/mol. The van der Waals surface area contributed by atoms with Gasteiger partial charge in [0.05, 0.1) is 6.10 Å². The predicted octanol–water partition coefficient (Wildman–Crippen LogP) is 4.06. The molecule has 1 heteroatoms. The second kappa shape index (κ2) is 10.8. The average Bonchev–Trinajstić information content (AvgIpc) is 2.18. The predicted molar refractivity (Wildman–Crippen MR) is 63.4 cm³/mol. The lowest BCUT2D eigenvalue weighted by atomic mass is 10.1. The molecule has 0 heterocycles. The summed E-state index contributed by atoms with van der Waals surface area (Å²) in [5, 5.41) is 9.55. The number of aliphatic hydroxyl groups is 1. The van der Waals surface area contributed by atoms with Crippen LogP contribution >= 0.6 is 0 Å². The molecule has 0 aliphatic heterocycles. The van der Waals surface area contributed by atoms with E-state index in [0.717, 1.165) is 19.3 Å². The second-order valence-corrected chi connectivity index (χ2v) is 3.99. The number of rotatable bonds is 9. The molecule has 1 unspecified atom stereocenters. The van der Waals surface area contributed by atoms with Gasteiger partial charge in [0, 0.05) is 0 Å². The standard InChI is InChI=1S/C13H26O/c1-3-5-7-8-10-12-13(14)11-9-6-4-2/h10,12-14H,3-9,11H2,1-2H3. The summed E-state index contributed by atoms with van der Waals surface area (Å²) >= 11 is 0. The molecule has 0 amide bonds.